The average Bonchev–Trinajstić information content (AvgIpc) is 3.24. The van der Waals surface area contributed by atoms with Crippen molar-refractivity contribution in [1.82, 2.24) is 15.1 Å². The number of alkyl carbamates (subject to hydrolysis) is 1. The van der Waals surface area contributed by atoms with Crippen molar-refractivity contribution in [2.45, 2.75) is 108 Å². The van der Waals surface area contributed by atoms with Crippen molar-refractivity contribution < 1.29 is 37.8 Å². The molecule has 1 N–H and O–H groups in total. The molecule has 1 saturated carbocycles. The molecule has 5 atom stereocenters. The Morgan fingerprint density at radius 1 is 1.16 bits per heavy atom. The highest BCUT2D eigenvalue weighted by molar-refractivity contribution is 6.06. The number of amides is 3. The van der Waals surface area contributed by atoms with Gasteiger partial charge < -0.3 is 24.4 Å². The van der Waals surface area contributed by atoms with E-state index < -0.39 is 53.4 Å². The lowest BCUT2D eigenvalue weighted by Gasteiger charge is -2.29. The van der Waals surface area contributed by atoms with Crippen LogP contribution >= 0.6 is 0 Å². The summed E-state index contributed by atoms with van der Waals surface area (Å²) in [5.74, 6) is -1.14. The molecule has 2 fully saturated rings. The Morgan fingerprint density at radius 2 is 1.98 bits per heavy atom. The molecule has 5 unspecified atom stereocenters. The van der Waals surface area contributed by atoms with E-state index in [9.17, 15) is 23.6 Å². The van der Waals surface area contributed by atoms with Crippen LogP contribution in [-0.4, -0.2) is 75.6 Å². The monoisotopic (exact) mass is 610 g/mol. The van der Waals surface area contributed by atoms with Gasteiger partial charge in [-0.3, -0.25) is 9.69 Å². The molecular weight excluding hydrogens is 571 g/mol. The average molecular weight is 611 g/mol. The first-order valence-corrected chi connectivity index (χ1v) is 15.4. The highest BCUT2D eigenvalue weighted by Gasteiger charge is 2.65. The highest BCUT2D eigenvalue weighted by atomic mass is 19.1. The number of hydrogen-bond acceptors (Lipinski definition) is 8. The lowest BCUT2D eigenvalue weighted by molar-refractivity contribution is -0.138. The van der Waals surface area contributed by atoms with Crippen molar-refractivity contribution >= 4 is 30.0 Å². The van der Waals surface area contributed by atoms with Crippen molar-refractivity contribution in [3.8, 4) is 0 Å². The minimum atomic E-state index is -0.977. The number of rotatable bonds is 2. The molecule has 1 saturated heterocycles. The van der Waals surface area contributed by atoms with Crippen molar-refractivity contribution in [3.05, 3.63) is 47.3 Å². The predicted molar refractivity (Wildman–Crippen MR) is 156 cm³/mol. The quantitative estimate of drug-likeness (QED) is 0.299. The summed E-state index contributed by atoms with van der Waals surface area (Å²) in [6.45, 7) is 5.55. The Hall–Kier alpha value is -3.96. The first-order valence-electron chi connectivity index (χ1n) is 15.4. The van der Waals surface area contributed by atoms with Gasteiger partial charge in [0.2, 0.25) is 11.8 Å². The SMILES string of the molecule is CC(C)(C)OC(=O)NC1CCCCCC=CC2CC23N=C(OC3=O)C2CC(OC(=O)N3Cc4cccc(F)c4C3)CN2C1=O. The molecule has 1 aliphatic carbocycles. The number of nitrogens with zero attached hydrogens (tertiary/aromatic N) is 3. The fourth-order valence-corrected chi connectivity index (χ4v) is 6.50. The van der Waals surface area contributed by atoms with Gasteiger partial charge >= 0.3 is 18.2 Å². The maximum absolute atomic E-state index is 14.3. The van der Waals surface area contributed by atoms with Crippen molar-refractivity contribution in [2.24, 2.45) is 10.9 Å². The second kappa shape index (κ2) is 11.5. The second-order valence-corrected chi connectivity index (χ2v) is 13.3. The number of fused-ring (bicyclic) bond motifs is 3. The number of ether oxygens (including phenoxy) is 3. The van der Waals surface area contributed by atoms with E-state index in [1.165, 1.54) is 15.9 Å². The number of halogens is 1. The largest absolute Gasteiger partial charge is 0.444 e. The third kappa shape index (κ3) is 6.03. The Balaban J connectivity index is 1.24. The van der Waals surface area contributed by atoms with Crippen LogP contribution in [0.3, 0.4) is 0 Å². The summed E-state index contributed by atoms with van der Waals surface area (Å²) in [6.07, 6.45) is 6.40. The van der Waals surface area contributed by atoms with Gasteiger partial charge in [0.25, 0.3) is 0 Å². The molecule has 0 aromatic heterocycles. The van der Waals surface area contributed by atoms with Crippen molar-refractivity contribution in [3.63, 3.8) is 0 Å². The van der Waals surface area contributed by atoms with Gasteiger partial charge in [-0.05, 0) is 58.1 Å². The summed E-state index contributed by atoms with van der Waals surface area (Å²) in [5.41, 5.74) is -0.553. The Bertz CT molecular complexity index is 1420. The smallest absolute Gasteiger partial charge is 0.410 e. The molecule has 12 heteroatoms. The lowest BCUT2D eigenvalue weighted by Crippen LogP contribution is -2.52. The van der Waals surface area contributed by atoms with E-state index in [2.05, 4.69) is 11.4 Å². The molecule has 11 nitrogen and oxygen atoms in total. The number of benzene rings is 1. The van der Waals surface area contributed by atoms with Crippen LogP contribution in [0.4, 0.5) is 14.0 Å². The molecule has 4 aliphatic heterocycles. The zero-order chi connectivity index (χ0) is 31.2. The van der Waals surface area contributed by atoms with E-state index in [4.69, 9.17) is 19.2 Å². The summed E-state index contributed by atoms with van der Waals surface area (Å²) in [5, 5.41) is 2.75. The maximum Gasteiger partial charge on any atom is 0.410 e. The van der Waals surface area contributed by atoms with Crippen LogP contribution in [0.25, 0.3) is 0 Å². The minimum absolute atomic E-state index is 0.0176. The third-order valence-corrected chi connectivity index (χ3v) is 8.85. The van der Waals surface area contributed by atoms with Crippen LogP contribution in [0, 0.1) is 11.7 Å². The number of hydrogen-bond donors (Lipinski definition) is 1. The molecule has 0 radical (unpaired) electrons. The van der Waals surface area contributed by atoms with Crippen LogP contribution in [0.5, 0.6) is 0 Å². The van der Waals surface area contributed by atoms with E-state index in [-0.39, 0.29) is 43.7 Å². The third-order valence-electron chi connectivity index (χ3n) is 8.85. The Morgan fingerprint density at radius 3 is 2.75 bits per heavy atom. The maximum atomic E-state index is 14.3. The van der Waals surface area contributed by atoms with Crippen LogP contribution in [0.15, 0.2) is 35.3 Å². The summed E-state index contributed by atoms with van der Waals surface area (Å²) in [6, 6.07) is 3.07. The summed E-state index contributed by atoms with van der Waals surface area (Å²) >= 11 is 0. The number of nitrogens with one attached hydrogen (secondary N) is 1. The fourth-order valence-electron chi connectivity index (χ4n) is 6.50. The minimum Gasteiger partial charge on any atom is -0.444 e. The van der Waals surface area contributed by atoms with Gasteiger partial charge in [0.15, 0.2) is 5.54 Å². The van der Waals surface area contributed by atoms with Crippen LogP contribution in [0.2, 0.25) is 0 Å². The van der Waals surface area contributed by atoms with Crippen LogP contribution in [0.1, 0.15) is 76.8 Å². The zero-order valence-electron chi connectivity index (χ0n) is 25.3. The molecule has 4 heterocycles. The number of esters is 1. The topological polar surface area (TPSA) is 127 Å². The molecule has 2 bridgehead atoms. The van der Waals surface area contributed by atoms with Gasteiger partial charge in [-0.15, -0.1) is 0 Å². The first-order chi connectivity index (χ1) is 20.9. The lowest BCUT2D eigenvalue weighted by atomic mass is 10.0. The number of carbonyl (C=O) groups is 4. The van der Waals surface area contributed by atoms with E-state index in [1.807, 2.05) is 6.08 Å². The Labute approximate surface area is 255 Å². The van der Waals surface area contributed by atoms with E-state index in [0.717, 1.165) is 24.8 Å². The molecule has 44 heavy (non-hydrogen) atoms. The van der Waals surface area contributed by atoms with Gasteiger partial charge in [0, 0.05) is 24.4 Å². The molecule has 1 aromatic rings. The summed E-state index contributed by atoms with van der Waals surface area (Å²) in [4.78, 5) is 60.8. The standard InChI is InChI=1S/C32H39FN4O7/c1-31(2,3)44-29(40)34-24-13-8-6-4-5-7-11-20-15-32(20)28(39)43-26(35-32)25-14-21(17-37(25)27(24)38)42-30(41)36-16-19-10-9-12-23(33)22(19)18-36/h7,9-12,20-21,24-25H,4-6,8,13-18H2,1-3H3,(H,34,40). The number of carbonyl (C=O) groups excluding carboxylic acids is 4. The van der Waals surface area contributed by atoms with Gasteiger partial charge in [0.05, 0.1) is 13.1 Å². The molecule has 6 rings (SSSR count). The zero-order valence-corrected chi connectivity index (χ0v) is 25.3. The van der Waals surface area contributed by atoms with Crippen molar-refractivity contribution in [2.75, 3.05) is 6.54 Å². The van der Waals surface area contributed by atoms with Gasteiger partial charge in [-0.1, -0.05) is 37.1 Å². The molecule has 1 aromatic carbocycles. The second-order valence-electron chi connectivity index (χ2n) is 13.3. The highest BCUT2D eigenvalue weighted by Crippen LogP contribution is 2.52. The van der Waals surface area contributed by atoms with Gasteiger partial charge in [-0.25, -0.2) is 23.8 Å². The predicted octanol–water partition coefficient (Wildman–Crippen LogP) is 4.38. The molecule has 3 amide bonds. The normalized spacial score (nSPS) is 29.9. The van der Waals surface area contributed by atoms with Crippen LogP contribution < -0.4 is 5.32 Å². The van der Waals surface area contributed by atoms with Crippen LogP contribution in [-0.2, 0) is 36.9 Å². The molecular formula is C32H39FN4O7. The molecule has 1 spiro atoms. The Kier molecular flexibility index (Phi) is 7.87. The van der Waals surface area contributed by atoms with E-state index in [0.29, 0.717) is 24.8 Å². The number of aliphatic imine (C=N–C) groups is 1. The summed E-state index contributed by atoms with van der Waals surface area (Å²) < 4.78 is 31.3. The molecule has 236 valence electrons. The van der Waals surface area contributed by atoms with Gasteiger partial charge in [-0.2, -0.15) is 0 Å². The molecule has 5 aliphatic rings. The summed E-state index contributed by atoms with van der Waals surface area (Å²) in [7, 11) is 0. The van der Waals surface area contributed by atoms with Gasteiger partial charge in [0.1, 0.15) is 29.6 Å². The van der Waals surface area contributed by atoms with E-state index >= 15 is 0 Å². The van der Waals surface area contributed by atoms with Crippen molar-refractivity contribution in [1.29, 1.82) is 0 Å². The van der Waals surface area contributed by atoms with E-state index in [1.54, 1.807) is 32.9 Å². The fraction of sp³-hybridized carbons (Fsp3) is 0.594. The first kappa shape index (κ1) is 30.1. The number of allylic oxidation sites excluding steroid dienone is 1.